The summed E-state index contributed by atoms with van der Waals surface area (Å²) in [5, 5.41) is 3.27. The molecule has 3 unspecified atom stereocenters. The first-order valence-corrected chi connectivity index (χ1v) is 7.34. The second kappa shape index (κ2) is 5.73. The number of rotatable bonds is 3. The molecule has 1 aliphatic carbocycles. The van der Waals surface area contributed by atoms with E-state index >= 15 is 0 Å². The molecule has 6 heteroatoms. The first kappa shape index (κ1) is 14.7. The summed E-state index contributed by atoms with van der Waals surface area (Å²) in [6.07, 6.45) is 3.39. The molecule has 0 radical (unpaired) electrons. The lowest BCUT2D eigenvalue weighted by Gasteiger charge is -2.35. The summed E-state index contributed by atoms with van der Waals surface area (Å²) in [5.41, 5.74) is 5.42. The Kier molecular flexibility index (Phi) is 4.20. The van der Waals surface area contributed by atoms with Gasteiger partial charge in [-0.3, -0.25) is 14.3 Å². The second-order valence-corrected chi connectivity index (χ2v) is 5.78. The molecule has 0 saturated heterocycles. The number of nitrogens with zero attached hydrogens (tertiary/aromatic N) is 1. The molecule has 1 fully saturated rings. The van der Waals surface area contributed by atoms with Gasteiger partial charge >= 0.3 is 5.69 Å². The zero-order valence-corrected chi connectivity index (χ0v) is 12.4. The van der Waals surface area contributed by atoms with Crippen LogP contribution in [0.5, 0.6) is 0 Å². The van der Waals surface area contributed by atoms with E-state index in [1.807, 2.05) is 6.92 Å². The Morgan fingerprint density at radius 3 is 2.70 bits per heavy atom. The van der Waals surface area contributed by atoms with Crippen molar-refractivity contribution in [1.29, 1.82) is 0 Å². The highest BCUT2D eigenvalue weighted by Gasteiger charge is 2.28. The van der Waals surface area contributed by atoms with Crippen LogP contribution < -0.4 is 22.3 Å². The molecular formula is C14H24N4O2. The molecule has 3 atom stereocenters. The number of aromatic nitrogens is 2. The summed E-state index contributed by atoms with van der Waals surface area (Å²) in [6.45, 7) is 6.69. The largest absolute Gasteiger partial charge is 0.383 e. The van der Waals surface area contributed by atoms with Crippen molar-refractivity contribution in [2.75, 3.05) is 11.1 Å². The van der Waals surface area contributed by atoms with Crippen molar-refractivity contribution in [2.24, 2.45) is 11.8 Å². The zero-order chi connectivity index (χ0) is 14.9. The average molecular weight is 280 g/mol. The van der Waals surface area contributed by atoms with Gasteiger partial charge in [-0.1, -0.05) is 26.7 Å². The normalized spacial score (nSPS) is 26.4. The Morgan fingerprint density at radius 1 is 1.35 bits per heavy atom. The van der Waals surface area contributed by atoms with Crippen LogP contribution in [0.4, 0.5) is 11.5 Å². The third kappa shape index (κ3) is 2.59. The number of nitrogen functional groups attached to an aromatic ring is 1. The Bertz CT molecular complexity index is 590. The summed E-state index contributed by atoms with van der Waals surface area (Å²) in [5.74, 6) is 1.33. The van der Waals surface area contributed by atoms with E-state index in [2.05, 4.69) is 24.1 Å². The van der Waals surface area contributed by atoms with E-state index in [1.54, 1.807) is 0 Å². The maximum absolute atomic E-state index is 12.0. The second-order valence-electron chi connectivity index (χ2n) is 5.78. The van der Waals surface area contributed by atoms with Gasteiger partial charge in [0.15, 0.2) is 0 Å². The van der Waals surface area contributed by atoms with Crippen LogP contribution in [0, 0.1) is 11.8 Å². The Morgan fingerprint density at radius 2 is 2.05 bits per heavy atom. The Labute approximate surface area is 118 Å². The fraction of sp³-hybridized carbons (Fsp3) is 0.714. The van der Waals surface area contributed by atoms with E-state index in [0.29, 0.717) is 24.1 Å². The first-order chi connectivity index (χ1) is 9.45. The number of nitrogens with one attached hydrogen (secondary N) is 2. The van der Waals surface area contributed by atoms with Crippen LogP contribution in [-0.4, -0.2) is 15.6 Å². The maximum atomic E-state index is 12.0. The molecule has 20 heavy (non-hydrogen) atoms. The van der Waals surface area contributed by atoms with Crippen LogP contribution in [0.3, 0.4) is 0 Å². The van der Waals surface area contributed by atoms with Gasteiger partial charge in [-0.05, 0) is 25.2 Å². The van der Waals surface area contributed by atoms with Crippen molar-refractivity contribution in [3.63, 3.8) is 0 Å². The SMILES string of the molecule is CCn1c(N)c(NC2CCCC(C)C2C)c(=O)[nH]c1=O. The van der Waals surface area contributed by atoms with Crippen LogP contribution in [0.25, 0.3) is 0 Å². The van der Waals surface area contributed by atoms with Crippen LogP contribution in [0.2, 0.25) is 0 Å². The zero-order valence-electron chi connectivity index (χ0n) is 12.4. The first-order valence-electron chi connectivity index (χ1n) is 7.34. The van der Waals surface area contributed by atoms with Crippen molar-refractivity contribution in [2.45, 2.75) is 52.6 Å². The highest BCUT2D eigenvalue weighted by molar-refractivity contribution is 5.61. The van der Waals surface area contributed by atoms with Crippen LogP contribution >= 0.6 is 0 Å². The number of anilines is 2. The summed E-state index contributed by atoms with van der Waals surface area (Å²) in [6, 6.07) is 0.227. The van der Waals surface area contributed by atoms with Crippen LogP contribution in [0.1, 0.15) is 40.0 Å². The number of aromatic amines is 1. The number of hydrogen-bond acceptors (Lipinski definition) is 4. The van der Waals surface area contributed by atoms with Gasteiger partial charge < -0.3 is 11.1 Å². The van der Waals surface area contributed by atoms with Gasteiger partial charge in [-0.2, -0.15) is 0 Å². The molecule has 1 aromatic heterocycles. The van der Waals surface area contributed by atoms with Crippen molar-refractivity contribution < 1.29 is 0 Å². The van der Waals surface area contributed by atoms with Crippen LogP contribution in [0.15, 0.2) is 9.59 Å². The average Bonchev–Trinajstić information content (AvgIpc) is 2.39. The molecule has 0 aliphatic heterocycles. The minimum atomic E-state index is -0.453. The van der Waals surface area contributed by atoms with Gasteiger partial charge in [-0.25, -0.2) is 4.79 Å². The summed E-state index contributed by atoms with van der Waals surface area (Å²) in [7, 11) is 0. The lowest BCUT2D eigenvalue weighted by atomic mass is 9.78. The summed E-state index contributed by atoms with van der Waals surface area (Å²) in [4.78, 5) is 26.0. The van der Waals surface area contributed by atoms with Gasteiger partial charge in [0.05, 0.1) is 0 Å². The van der Waals surface area contributed by atoms with E-state index in [-0.39, 0.29) is 11.9 Å². The van der Waals surface area contributed by atoms with E-state index in [9.17, 15) is 9.59 Å². The third-order valence-corrected chi connectivity index (χ3v) is 4.59. The monoisotopic (exact) mass is 280 g/mol. The highest BCUT2D eigenvalue weighted by Crippen LogP contribution is 2.31. The van der Waals surface area contributed by atoms with Gasteiger partial charge in [0.2, 0.25) is 0 Å². The molecule has 1 saturated carbocycles. The fourth-order valence-corrected chi connectivity index (χ4v) is 3.01. The van der Waals surface area contributed by atoms with E-state index in [0.717, 1.165) is 12.8 Å². The minimum Gasteiger partial charge on any atom is -0.383 e. The lowest BCUT2D eigenvalue weighted by Crippen LogP contribution is -2.40. The van der Waals surface area contributed by atoms with Gasteiger partial charge in [-0.15, -0.1) is 0 Å². The lowest BCUT2D eigenvalue weighted by molar-refractivity contribution is 0.253. The Balaban J connectivity index is 2.34. The molecule has 6 nitrogen and oxygen atoms in total. The molecule has 112 valence electrons. The topological polar surface area (TPSA) is 92.9 Å². The third-order valence-electron chi connectivity index (χ3n) is 4.59. The number of H-pyrrole nitrogens is 1. The molecule has 4 N–H and O–H groups in total. The van der Waals surface area contributed by atoms with Crippen molar-refractivity contribution in [3.05, 3.63) is 20.8 Å². The number of hydrogen-bond donors (Lipinski definition) is 3. The fourth-order valence-electron chi connectivity index (χ4n) is 3.01. The summed E-state index contributed by atoms with van der Waals surface area (Å²) >= 11 is 0. The molecule has 0 amide bonds. The summed E-state index contributed by atoms with van der Waals surface area (Å²) < 4.78 is 1.38. The molecule has 1 heterocycles. The molecular weight excluding hydrogens is 256 g/mol. The predicted molar refractivity (Wildman–Crippen MR) is 81.0 cm³/mol. The smallest absolute Gasteiger partial charge is 0.330 e. The molecule has 1 aromatic rings. The van der Waals surface area contributed by atoms with Crippen molar-refractivity contribution in [1.82, 2.24) is 9.55 Å². The van der Waals surface area contributed by atoms with E-state index in [1.165, 1.54) is 11.0 Å². The molecule has 0 aromatic carbocycles. The van der Waals surface area contributed by atoms with Crippen molar-refractivity contribution in [3.8, 4) is 0 Å². The Hall–Kier alpha value is -1.72. The maximum Gasteiger partial charge on any atom is 0.330 e. The molecule has 2 rings (SSSR count). The highest BCUT2D eigenvalue weighted by atomic mass is 16.2. The quantitative estimate of drug-likeness (QED) is 0.779. The predicted octanol–water partition coefficient (Wildman–Crippen LogP) is 1.38. The van der Waals surface area contributed by atoms with E-state index < -0.39 is 11.2 Å². The van der Waals surface area contributed by atoms with Gasteiger partial charge in [0.1, 0.15) is 11.5 Å². The molecule has 0 bridgehead atoms. The molecule has 0 spiro atoms. The van der Waals surface area contributed by atoms with Gasteiger partial charge in [0.25, 0.3) is 5.56 Å². The standard InChI is InChI=1S/C14H24N4O2/c1-4-18-12(15)11(13(19)17-14(18)20)16-10-7-5-6-8(2)9(10)3/h8-10,16H,4-7,15H2,1-3H3,(H,17,19,20). The van der Waals surface area contributed by atoms with Gasteiger partial charge in [0, 0.05) is 12.6 Å². The van der Waals surface area contributed by atoms with Crippen LogP contribution in [-0.2, 0) is 6.54 Å². The number of nitrogens with two attached hydrogens (primary N) is 1. The minimum absolute atomic E-state index is 0.227. The van der Waals surface area contributed by atoms with Crippen molar-refractivity contribution >= 4 is 11.5 Å². The molecule has 1 aliphatic rings. The van der Waals surface area contributed by atoms with E-state index in [4.69, 9.17) is 5.73 Å².